The van der Waals surface area contributed by atoms with E-state index >= 15 is 0 Å². The van der Waals surface area contributed by atoms with E-state index in [9.17, 15) is 4.79 Å². The van der Waals surface area contributed by atoms with E-state index < -0.39 is 0 Å². The lowest BCUT2D eigenvalue weighted by Crippen LogP contribution is -2.02. The molecule has 1 aromatic rings. The van der Waals surface area contributed by atoms with Crippen molar-refractivity contribution >= 4 is 12.0 Å². The Bertz CT molecular complexity index is 393. The zero-order valence-electron chi connectivity index (χ0n) is 12.0. The Balaban J connectivity index is 2.26. The first kappa shape index (κ1) is 15.5. The standard InChI is InChI=1S/C17H24O2/c1-3-4-5-6-10-13-17(18)19-15(2)14-16-11-8-7-9-12-16/h7-9,11-12,14H,3-6,10,13H2,1-2H3/b15-14+. The van der Waals surface area contributed by atoms with E-state index in [0.717, 1.165) is 18.4 Å². The van der Waals surface area contributed by atoms with E-state index in [2.05, 4.69) is 6.92 Å². The second-order valence-corrected chi connectivity index (χ2v) is 4.80. The van der Waals surface area contributed by atoms with Crippen molar-refractivity contribution in [3.05, 3.63) is 41.7 Å². The Labute approximate surface area is 116 Å². The number of rotatable bonds is 8. The molecule has 2 heteroatoms. The third-order valence-corrected chi connectivity index (χ3v) is 2.93. The highest BCUT2D eigenvalue weighted by Crippen LogP contribution is 2.10. The van der Waals surface area contributed by atoms with E-state index in [-0.39, 0.29) is 5.97 Å². The van der Waals surface area contributed by atoms with Crippen LogP contribution in [0.3, 0.4) is 0 Å². The predicted molar refractivity (Wildman–Crippen MR) is 79.6 cm³/mol. The molecule has 1 aromatic carbocycles. The fourth-order valence-electron chi connectivity index (χ4n) is 1.92. The summed E-state index contributed by atoms with van der Waals surface area (Å²) in [5.74, 6) is 0.533. The van der Waals surface area contributed by atoms with Crippen molar-refractivity contribution in [3.8, 4) is 0 Å². The summed E-state index contributed by atoms with van der Waals surface area (Å²) in [6.45, 7) is 4.01. The van der Waals surface area contributed by atoms with Crippen molar-refractivity contribution in [2.24, 2.45) is 0 Å². The largest absolute Gasteiger partial charge is 0.431 e. The van der Waals surface area contributed by atoms with Gasteiger partial charge in [0.15, 0.2) is 0 Å². The molecule has 0 saturated heterocycles. The van der Waals surface area contributed by atoms with Crippen LogP contribution in [0.2, 0.25) is 0 Å². The lowest BCUT2D eigenvalue weighted by atomic mass is 10.1. The smallest absolute Gasteiger partial charge is 0.310 e. The molecule has 0 N–H and O–H groups in total. The van der Waals surface area contributed by atoms with Crippen LogP contribution < -0.4 is 0 Å². The number of esters is 1. The summed E-state index contributed by atoms with van der Waals surface area (Å²) in [5.41, 5.74) is 1.05. The van der Waals surface area contributed by atoms with Crippen molar-refractivity contribution in [3.63, 3.8) is 0 Å². The Morgan fingerprint density at radius 3 is 2.47 bits per heavy atom. The van der Waals surface area contributed by atoms with Gasteiger partial charge in [0.25, 0.3) is 0 Å². The van der Waals surface area contributed by atoms with Crippen LogP contribution in [0.4, 0.5) is 0 Å². The van der Waals surface area contributed by atoms with Gasteiger partial charge in [-0.05, 0) is 25.0 Å². The highest BCUT2D eigenvalue weighted by atomic mass is 16.5. The van der Waals surface area contributed by atoms with Gasteiger partial charge in [0.1, 0.15) is 5.76 Å². The molecule has 0 aromatic heterocycles. The first-order valence-electron chi connectivity index (χ1n) is 7.16. The van der Waals surface area contributed by atoms with Crippen molar-refractivity contribution in [1.29, 1.82) is 0 Å². The average Bonchev–Trinajstić information content (AvgIpc) is 2.39. The summed E-state index contributed by atoms with van der Waals surface area (Å²) in [6.07, 6.45) is 8.13. The van der Waals surface area contributed by atoms with E-state index in [1.165, 1.54) is 19.3 Å². The Kier molecular flexibility index (Phi) is 7.64. The van der Waals surface area contributed by atoms with Gasteiger partial charge in [0.2, 0.25) is 0 Å². The summed E-state index contributed by atoms with van der Waals surface area (Å²) in [6, 6.07) is 9.88. The van der Waals surface area contributed by atoms with Crippen LogP contribution in [0, 0.1) is 0 Å². The summed E-state index contributed by atoms with van der Waals surface area (Å²) >= 11 is 0. The molecule has 0 radical (unpaired) electrons. The molecular weight excluding hydrogens is 236 g/mol. The number of allylic oxidation sites excluding steroid dienone is 1. The van der Waals surface area contributed by atoms with Crippen molar-refractivity contribution < 1.29 is 9.53 Å². The van der Waals surface area contributed by atoms with Crippen molar-refractivity contribution in [2.75, 3.05) is 0 Å². The third kappa shape index (κ3) is 7.45. The monoisotopic (exact) mass is 260 g/mol. The van der Waals surface area contributed by atoms with Gasteiger partial charge in [0.05, 0.1) is 0 Å². The maximum atomic E-state index is 11.6. The predicted octanol–water partition coefficient (Wildman–Crippen LogP) is 4.95. The molecule has 0 fully saturated rings. The second-order valence-electron chi connectivity index (χ2n) is 4.80. The van der Waals surface area contributed by atoms with E-state index in [1.54, 1.807) is 0 Å². The maximum Gasteiger partial charge on any atom is 0.310 e. The second kappa shape index (κ2) is 9.37. The molecule has 104 valence electrons. The maximum absolute atomic E-state index is 11.6. The topological polar surface area (TPSA) is 26.3 Å². The van der Waals surface area contributed by atoms with Crippen LogP contribution >= 0.6 is 0 Å². The quantitative estimate of drug-likeness (QED) is 0.375. The van der Waals surface area contributed by atoms with Crippen LogP contribution in [0.15, 0.2) is 36.1 Å². The molecule has 0 bridgehead atoms. The Morgan fingerprint density at radius 1 is 1.11 bits per heavy atom. The molecule has 0 spiro atoms. The van der Waals surface area contributed by atoms with Gasteiger partial charge in [-0.1, -0.05) is 62.9 Å². The summed E-state index contributed by atoms with van der Waals surface area (Å²) in [5, 5.41) is 0. The van der Waals surface area contributed by atoms with Crippen LogP contribution in [-0.2, 0) is 9.53 Å². The van der Waals surface area contributed by atoms with Crippen LogP contribution in [0.5, 0.6) is 0 Å². The first-order chi connectivity index (χ1) is 9.22. The molecule has 0 aliphatic heterocycles. The minimum absolute atomic E-state index is 0.124. The molecule has 0 saturated carbocycles. The number of carbonyl (C=O) groups excluding carboxylic acids is 1. The zero-order chi connectivity index (χ0) is 13.9. The van der Waals surface area contributed by atoms with E-state index in [4.69, 9.17) is 4.74 Å². The van der Waals surface area contributed by atoms with Crippen molar-refractivity contribution in [2.45, 2.75) is 52.4 Å². The van der Waals surface area contributed by atoms with Crippen LogP contribution in [0.25, 0.3) is 6.08 Å². The molecule has 0 aliphatic rings. The van der Waals surface area contributed by atoms with E-state index in [0.29, 0.717) is 12.2 Å². The van der Waals surface area contributed by atoms with Crippen LogP contribution in [-0.4, -0.2) is 5.97 Å². The van der Waals surface area contributed by atoms with Crippen LogP contribution in [0.1, 0.15) is 57.9 Å². The first-order valence-corrected chi connectivity index (χ1v) is 7.16. The number of hydrogen-bond donors (Lipinski definition) is 0. The molecule has 2 nitrogen and oxygen atoms in total. The molecule has 0 aliphatic carbocycles. The number of carbonyl (C=O) groups is 1. The Morgan fingerprint density at radius 2 is 1.79 bits per heavy atom. The summed E-state index contributed by atoms with van der Waals surface area (Å²) in [7, 11) is 0. The minimum atomic E-state index is -0.124. The normalized spacial score (nSPS) is 11.4. The van der Waals surface area contributed by atoms with Gasteiger partial charge in [0, 0.05) is 6.42 Å². The third-order valence-electron chi connectivity index (χ3n) is 2.93. The lowest BCUT2D eigenvalue weighted by Gasteiger charge is -2.04. The lowest BCUT2D eigenvalue weighted by molar-refractivity contribution is -0.139. The number of benzene rings is 1. The highest BCUT2D eigenvalue weighted by Gasteiger charge is 2.03. The molecule has 1 rings (SSSR count). The van der Waals surface area contributed by atoms with Gasteiger partial charge in [-0.2, -0.15) is 0 Å². The van der Waals surface area contributed by atoms with Gasteiger partial charge >= 0.3 is 5.97 Å². The average molecular weight is 260 g/mol. The molecular formula is C17H24O2. The van der Waals surface area contributed by atoms with Gasteiger partial charge < -0.3 is 4.74 Å². The van der Waals surface area contributed by atoms with Gasteiger partial charge in [-0.15, -0.1) is 0 Å². The SMILES string of the molecule is CCCCCCCC(=O)O/C(C)=C/c1ccccc1. The van der Waals surface area contributed by atoms with Gasteiger partial charge in [-0.25, -0.2) is 0 Å². The molecule has 0 heterocycles. The molecule has 0 amide bonds. The summed E-state index contributed by atoms with van der Waals surface area (Å²) in [4.78, 5) is 11.6. The highest BCUT2D eigenvalue weighted by molar-refractivity contribution is 5.71. The van der Waals surface area contributed by atoms with E-state index in [1.807, 2.05) is 43.3 Å². The molecule has 0 unspecified atom stereocenters. The number of hydrogen-bond acceptors (Lipinski definition) is 2. The number of ether oxygens (including phenoxy) is 1. The summed E-state index contributed by atoms with van der Waals surface area (Å²) < 4.78 is 5.28. The van der Waals surface area contributed by atoms with Gasteiger partial charge in [-0.3, -0.25) is 4.79 Å². The van der Waals surface area contributed by atoms with Crippen molar-refractivity contribution in [1.82, 2.24) is 0 Å². The fourth-order valence-corrected chi connectivity index (χ4v) is 1.92. The molecule has 0 atom stereocenters. The Hall–Kier alpha value is -1.57. The number of unbranched alkanes of at least 4 members (excludes halogenated alkanes) is 4. The minimum Gasteiger partial charge on any atom is -0.431 e. The zero-order valence-corrected chi connectivity index (χ0v) is 12.0. The fraction of sp³-hybridized carbons (Fsp3) is 0.471. The molecule has 19 heavy (non-hydrogen) atoms.